The van der Waals surface area contributed by atoms with Gasteiger partial charge >= 0.3 is 0 Å². The number of sulfone groups is 1. The van der Waals surface area contributed by atoms with Crippen molar-refractivity contribution in [2.45, 2.75) is 11.4 Å². The first-order chi connectivity index (χ1) is 13.7. The molecule has 1 amide bonds. The van der Waals surface area contributed by atoms with E-state index in [0.29, 0.717) is 23.5 Å². The molecule has 3 aromatic rings. The first-order valence-electron chi connectivity index (χ1n) is 8.36. The second kappa shape index (κ2) is 8.23. The molecular weight excluding hydrogens is 418 g/mol. The van der Waals surface area contributed by atoms with Gasteiger partial charge in [-0.15, -0.1) is 0 Å². The Morgan fingerprint density at radius 1 is 1.24 bits per heavy atom. The maximum atomic E-state index is 12.6. The number of amides is 1. The van der Waals surface area contributed by atoms with Crippen LogP contribution in [-0.2, 0) is 21.1 Å². The molecule has 2 aromatic carbocycles. The monoisotopic (exact) mass is 435 g/mol. The third-order valence-corrected chi connectivity index (χ3v) is 6.31. The number of nitro benzene ring substituents is 1. The minimum Gasteiger partial charge on any atom is -0.383 e. The summed E-state index contributed by atoms with van der Waals surface area (Å²) in [4.78, 5) is 27.8. The number of nitro groups is 1. The number of thiazole rings is 1. The highest BCUT2D eigenvalue weighted by molar-refractivity contribution is 7.90. The molecule has 0 bridgehead atoms. The number of non-ortho nitro benzene ring substituents is 1. The van der Waals surface area contributed by atoms with Gasteiger partial charge in [0.15, 0.2) is 14.6 Å². The predicted molar refractivity (Wildman–Crippen MR) is 108 cm³/mol. The number of hydrogen-bond acceptors (Lipinski definition) is 7. The zero-order valence-electron chi connectivity index (χ0n) is 15.6. The quantitative estimate of drug-likeness (QED) is 0.433. The van der Waals surface area contributed by atoms with Crippen LogP contribution in [0, 0.1) is 10.1 Å². The third-order valence-electron chi connectivity index (χ3n) is 4.12. The van der Waals surface area contributed by atoms with E-state index in [-0.39, 0.29) is 16.1 Å². The molecule has 0 atom stereocenters. The number of benzene rings is 2. The number of ether oxygens (including phenoxy) is 1. The summed E-state index contributed by atoms with van der Waals surface area (Å²) >= 11 is 1.23. The fourth-order valence-electron chi connectivity index (χ4n) is 2.65. The van der Waals surface area contributed by atoms with Gasteiger partial charge in [-0.25, -0.2) is 8.42 Å². The van der Waals surface area contributed by atoms with Gasteiger partial charge in [-0.2, -0.15) is 4.99 Å². The Hall–Kier alpha value is -2.89. The van der Waals surface area contributed by atoms with E-state index in [2.05, 4.69) is 4.99 Å². The number of methoxy groups -OCH3 is 1. The van der Waals surface area contributed by atoms with Crippen LogP contribution >= 0.6 is 11.3 Å². The Morgan fingerprint density at radius 3 is 2.52 bits per heavy atom. The topological polar surface area (TPSA) is 121 Å². The van der Waals surface area contributed by atoms with Crippen LogP contribution in [0.15, 0.2) is 52.4 Å². The second-order valence-corrected chi connectivity index (χ2v) is 9.18. The number of rotatable bonds is 6. The van der Waals surface area contributed by atoms with Crippen molar-refractivity contribution in [2.75, 3.05) is 20.0 Å². The molecular formula is C18H17N3O6S2. The van der Waals surface area contributed by atoms with E-state index in [9.17, 15) is 23.3 Å². The molecule has 0 radical (unpaired) electrons. The normalized spacial score (nSPS) is 12.4. The summed E-state index contributed by atoms with van der Waals surface area (Å²) in [6.07, 6.45) is 1.09. The van der Waals surface area contributed by atoms with Crippen molar-refractivity contribution in [1.82, 2.24) is 4.57 Å². The number of nitrogens with zero attached hydrogens (tertiary/aromatic N) is 3. The van der Waals surface area contributed by atoms with E-state index < -0.39 is 20.7 Å². The summed E-state index contributed by atoms with van der Waals surface area (Å²) in [6, 6.07) is 9.96. The number of carbonyl (C=O) groups excluding carboxylic acids is 1. The predicted octanol–water partition coefficient (Wildman–Crippen LogP) is 2.40. The van der Waals surface area contributed by atoms with E-state index in [1.807, 2.05) is 0 Å². The molecule has 0 unspecified atom stereocenters. The van der Waals surface area contributed by atoms with Crippen LogP contribution < -0.4 is 4.80 Å². The van der Waals surface area contributed by atoms with Crippen molar-refractivity contribution < 1.29 is 22.9 Å². The molecule has 0 aliphatic heterocycles. The van der Waals surface area contributed by atoms with E-state index in [4.69, 9.17) is 4.74 Å². The van der Waals surface area contributed by atoms with Crippen LogP contribution in [0.2, 0.25) is 0 Å². The summed E-state index contributed by atoms with van der Waals surface area (Å²) in [5.41, 5.74) is 0.759. The molecule has 0 aliphatic carbocycles. The van der Waals surface area contributed by atoms with Crippen LogP contribution in [0.25, 0.3) is 10.2 Å². The van der Waals surface area contributed by atoms with Crippen LogP contribution in [-0.4, -0.2) is 43.8 Å². The maximum absolute atomic E-state index is 12.6. The largest absolute Gasteiger partial charge is 0.383 e. The van der Waals surface area contributed by atoms with Gasteiger partial charge in [0.05, 0.1) is 26.6 Å². The minimum absolute atomic E-state index is 0.0595. The summed E-state index contributed by atoms with van der Waals surface area (Å²) in [7, 11) is -1.83. The Bertz CT molecular complexity index is 1260. The van der Waals surface area contributed by atoms with Crippen LogP contribution in [0.4, 0.5) is 5.69 Å². The van der Waals surface area contributed by atoms with Crippen LogP contribution in [0.3, 0.4) is 0 Å². The van der Waals surface area contributed by atoms with Gasteiger partial charge < -0.3 is 9.30 Å². The fourth-order valence-corrected chi connectivity index (χ4v) is 4.32. The summed E-state index contributed by atoms with van der Waals surface area (Å²) in [5, 5.41) is 11.1. The molecule has 152 valence electrons. The molecule has 29 heavy (non-hydrogen) atoms. The summed E-state index contributed by atoms with van der Waals surface area (Å²) in [6.45, 7) is 0.690. The van der Waals surface area contributed by atoms with E-state index in [1.165, 1.54) is 54.8 Å². The maximum Gasteiger partial charge on any atom is 0.279 e. The number of hydrogen-bond donors (Lipinski definition) is 0. The lowest BCUT2D eigenvalue weighted by atomic mass is 10.2. The molecule has 0 aliphatic rings. The first kappa shape index (κ1) is 20.8. The lowest BCUT2D eigenvalue weighted by Gasteiger charge is -2.04. The fraction of sp³-hybridized carbons (Fsp3) is 0.222. The van der Waals surface area contributed by atoms with Crippen molar-refractivity contribution in [2.24, 2.45) is 4.99 Å². The van der Waals surface area contributed by atoms with Crippen molar-refractivity contribution in [3.63, 3.8) is 0 Å². The van der Waals surface area contributed by atoms with Crippen molar-refractivity contribution in [3.8, 4) is 0 Å². The Labute approximate surface area is 170 Å². The third kappa shape index (κ3) is 4.58. The van der Waals surface area contributed by atoms with Gasteiger partial charge in [0.2, 0.25) is 0 Å². The van der Waals surface area contributed by atoms with Crippen molar-refractivity contribution >= 4 is 43.0 Å². The molecule has 0 saturated carbocycles. The molecule has 1 aromatic heterocycles. The van der Waals surface area contributed by atoms with Gasteiger partial charge in [0, 0.05) is 37.6 Å². The molecule has 0 saturated heterocycles. The van der Waals surface area contributed by atoms with E-state index in [0.717, 1.165) is 11.0 Å². The van der Waals surface area contributed by atoms with Gasteiger partial charge in [0.25, 0.3) is 11.6 Å². The van der Waals surface area contributed by atoms with E-state index >= 15 is 0 Å². The second-order valence-electron chi connectivity index (χ2n) is 6.15. The average Bonchev–Trinajstić information content (AvgIpc) is 3.01. The van der Waals surface area contributed by atoms with E-state index in [1.54, 1.807) is 10.6 Å². The molecule has 0 N–H and O–H groups in total. The highest BCUT2D eigenvalue weighted by atomic mass is 32.2. The van der Waals surface area contributed by atoms with Gasteiger partial charge in [-0.05, 0) is 30.3 Å². The lowest BCUT2D eigenvalue weighted by Crippen LogP contribution is -2.19. The zero-order valence-corrected chi connectivity index (χ0v) is 17.2. The molecule has 3 rings (SSSR count). The van der Waals surface area contributed by atoms with Gasteiger partial charge in [0.1, 0.15) is 0 Å². The van der Waals surface area contributed by atoms with Crippen LogP contribution in [0.5, 0.6) is 0 Å². The highest BCUT2D eigenvalue weighted by Gasteiger charge is 2.14. The highest BCUT2D eigenvalue weighted by Crippen LogP contribution is 2.23. The first-order valence-corrected chi connectivity index (χ1v) is 11.1. The smallest absolute Gasteiger partial charge is 0.279 e. The number of aromatic nitrogens is 1. The molecule has 1 heterocycles. The average molecular weight is 435 g/mol. The number of fused-ring (bicyclic) bond motifs is 1. The van der Waals surface area contributed by atoms with Crippen LogP contribution in [0.1, 0.15) is 10.4 Å². The molecule has 0 fully saturated rings. The summed E-state index contributed by atoms with van der Waals surface area (Å²) in [5.74, 6) is -0.544. The molecule has 0 spiro atoms. The summed E-state index contributed by atoms with van der Waals surface area (Å²) < 4.78 is 30.6. The van der Waals surface area contributed by atoms with Crippen molar-refractivity contribution in [1.29, 1.82) is 0 Å². The standard InChI is InChI=1S/C18H17N3O6S2/c1-27-10-9-20-15-11-13(21(23)24)5-8-16(15)28-18(20)19-17(22)12-3-6-14(7-4-12)29(2,25)26/h3-8,11H,9-10H2,1-2H3. The Morgan fingerprint density at radius 2 is 1.93 bits per heavy atom. The number of carbonyl (C=O) groups is 1. The van der Waals surface area contributed by atoms with Gasteiger partial charge in [-0.1, -0.05) is 11.3 Å². The Balaban J connectivity index is 2.08. The SMILES string of the molecule is COCCn1c(=NC(=O)c2ccc(S(C)(=O)=O)cc2)sc2ccc([N+](=O)[O-])cc21. The Kier molecular flexibility index (Phi) is 5.91. The lowest BCUT2D eigenvalue weighted by molar-refractivity contribution is -0.384. The van der Waals surface area contributed by atoms with Gasteiger partial charge in [-0.3, -0.25) is 14.9 Å². The minimum atomic E-state index is -3.36. The zero-order chi connectivity index (χ0) is 21.2. The molecule has 9 nitrogen and oxygen atoms in total. The van der Waals surface area contributed by atoms with Crippen molar-refractivity contribution in [3.05, 3.63) is 62.9 Å². The molecule has 11 heteroatoms.